The molecule has 1 unspecified atom stereocenters. The predicted octanol–water partition coefficient (Wildman–Crippen LogP) is 2.80. The molecule has 1 aliphatic rings. The summed E-state index contributed by atoms with van der Waals surface area (Å²) in [5, 5.41) is 8.83. The van der Waals surface area contributed by atoms with E-state index in [1.807, 2.05) is 6.07 Å². The zero-order valence-corrected chi connectivity index (χ0v) is 11.8. The normalized spacial score (nSPS) is 17.1. The molecule has 0 radical (unpaired) electrons. The van der Waals surface area contributed by atoms with Gasteiger partial charge in [-0.2, -0.15) is 5.26 Å². The van der Waals surface area contributed by atoms with Crippen LogP contribution in [0.15, 0.2) is 11.6 Å². The molecule has 0 saturated carbocycles. The first-order chi connectivity index (χ1) is 9.13. The number of unbranched alkanes of at least 4 members (excludes halogenated alkanes) is 1. The minimum absolute atomic E-state index is 0.0983. The smallest absolute Gasteiger partial charge is 0.270 e. The lowest BCUT2D eigenvalue weighted by Gasteiger charge is -2.25. The predicted molar refractivity (Wildman–Crippen MR) is 73.0 cm³/mol. The van der Waals surface area contributed by atoms with Gasteiger partial charge in [0, 0.05) is 13.0 Å². The van der Waals surface area contributed by atoms with Gasteiger partial charge in [0.05, 0.1) is 0 Å². The third-order valence-corrected chi connectivity index (χ3v) is 3.68. The molecule has 0 aromatic rings. The number of amides is 2. The van der Waals surface area contributed by atoms with E-state index in [1.54, 1.807) is 0 Å². The van der Waals surface area contributed by atoms with Crippen LogP contribution in [-0.2, 0) is 9.59 Å². The Balaban J connectivity index is 2.56. The van der Waals surface area contributed by atoms with Crippen molar-refractivity contribution in [3.05, 3.63) is 11.6 Å². The highest BCUT2D eigenvalue weighted by Crippen LogP contribution is 2.19. The van der Waals surface area contributed by atoms with Crippen molar-refractivity contribution < 1.29 is 9.59 Å². The molecule has 2 amide bonds. The first kappa shape index (κ1) is 15.4. The SMILES string of the molecule is CCCCC(CC)CCN1C(=O)CC=C(C#N)C1=O. The van der Waals surface area contributed by atoms with E-state index in [0.29, 0.717) is 12.5 Å². The number of carbonyl (C=O) groups is 2. The van der Waals surface area contributed by atoms with Crippen molar-refractivity contribution >= 4 is 11.8 Å². The van der Waals surface area contributed by atoms with Crippen LogP contribution in [0.5, 0.6) is 0 Å². The van der Waals surface area contributed by atoms with Crippen LogP contribution in [0.3, 0.4) is 0 Å². The maximum atomic E-state index is 11.9. The molecule has 0 spiro atoms. The summed E-state index contributed by atoms with van der Waals surface area (Å²) in [6.45, 7) is 4.74. The van der Waals surface area contributed by atoms with E-state index in [2.05, 4.69) is 13.8 Å². The lowest BCUT2D eigenvalue weighted by molar-refractivity contribution is -0.142. The minimum atomic E-state index is -0.427. The quantitative estimate of drug-likeness (QED) is 0.663. The number of nitriles is 1. The maximum Gasteiger partial charge on any atom is 0.270 e. The topological polar surface area (TPSA) is 61.2 Å². The van der Waals surface area contributed by atoms with Crippen LogP contribution < -0.4 is 0 Å². The van der Waals surface area contributed by atoms with Gasteiger partial charge in [0.15, 0.2) is 0 Å². The number of hydrogen-bond donors (Lipinski definition) is 0. The van der Waals surface area contributed by atoms with Crippen molar-refractivity contribution in [2.45, 2.75) is 52.4 Å². The van der Waals surface area contributed by atoms with E-state index in [-0.39, 0.29) is 17.9 Å². The Morgan fingerprint density at radius 3 is 2.68 bits per heavy atom. The van der Waals surface area contributed by atoms with Gasteiger partial charge in [-0.3, -0.25) is 14.5 Å². The summed E-state index contributed by atoms with van der Waals surface area (Å²) in [6, 6.07) is 1.86. The summed E-state index contributed by atoms with van der Waals surface area (Å²) >= 11 is 0. The molecule has 0 aromatic heterocycles. The highest BCUT2D eigenvalue weighted by molar-refractivity contribution is 6.09. The van der Waals surface area contributed by atoms with Gasteiger partial charge in [-0.25, -0.2) is 0 Å². The van der Waals surface area contributed by atoms with Gasteiger partial charge >= 0.3 is 0 Å². The molecule has 104 valence electrons. The first-order valence-corrected chi connectivity index (χ1v) is 7.08. The Hall–Kier alpha value is -1.63. The molecule has 1 atom stereocenters. The van der Waals surface area contributed by atoms with E-state index in [0.717, 1.165) is 19.3 Å². The molecule has 4 nitrogen and oxygen atoms in total. The molecule has 4 heteroatoms. The van der Waals surface area contributed by atoms with Crippen LogP contribution in [-0.4, -0.2) is 23.3 Å². The van der Waals surface area contributed by atoms with Crippen LogP contribution >= 0.6 is 0 Å². The van der Waals surface area contributed by atoms with Crippen LogP contribution in [0.4, 0.5) is 0 Å². The maximum absolute atomic E-state index is 11.9. The molecular weight excluding hydrogens is 240 g/mol. The van der Waals surface area contributed by atoms with E-state index in [9.17, 15) is 9.59 Å². The summed E-state index contributed by atoms with van der Waals surface area (Å²) in [6.07, 6.45) is 6.99. The van der Waals surface area contributed by atoms with Crippen molar-refractivity contribution in [2.24, 2.45) is 5.92 Å². The average molecular weight is 262 g/mol. The van der Waals surface area contributed by atoms with E-state index in [1.165, 1.54) is 23.8 Å². The fraction of sp³-hybridized carbons (Fsp3) is 0.667. The molecule has 1 rings (SSSR count). The Morgan fingerprint density at radius 1 is 1.37 bits per heavy atom. The third-order valence-electron chi connectivity index (χ3n) is 3.68. The summed E-state index contributed by atoms with van der Waals surface area (Å²) in [5.41, 5.74) is 0.0983. The van der Waals surface area contributed by atoms with Gasteiger partial charge in [-0.1, -0.05) is 45.6 Å². The molecule has 1 aliphatic heterocycles. The van der Waals surface area contributed by atoms with Crippen molar-refractivity contribution in [3.8, 4) is 6.07 Å². The lowest BCUT2D eigenvalue weighted by Crippen LogP contribution is -2.41. The molecule has 0 N–H and O–H groups in total. The van der Waals surface area contributed by atoms with Gasteiger partial charge in [0.2, 0.25) is 5.91 Å². The lowest BCUT2D eigenvalue weighted by atomic mass is 9.95. The molecule has 0 aliphatic carbocycles. The van der Waals surface area contributed by atoms with Crippen LogP contribution in [0.25, 0.3) is 0 Å². The van der Waals surface area contributed by atoms with Gasteiger partial charge in [-0.05, 0) is 12.3 Å². The third kappa shape index (κ3) is 4.20. The second kappa shape index (κ2) is 7.73. The number of carbonyl (C=O) groups excluding carboxylic acids is 2. The molecular formula is C15H22N2O2. The summed E-state index contributed by atoms with van der Waals surface area (Å²) in [5.74, 6) is -0.0598. The number of hydrogen-bond acceptors (Lipinski definition) is 3. The molecule has 0 bridgehead atoms. The highest BCUT2D eigenvalue weighted by atomic mass is 16.2. The van der Waals surface area contributed by atoms with E-state index < -0.39 is 5.91 Å². The van der Waals surface area contributed by atoms with Gasteiger partial charge in [-0.15, -0.1) is 0 Å². The second-order valence-electron chi connectivity index (χ2n) is 4.99. The van der Waals surface area contributed by atoms with Crippen molar-refractivity contribution in [1.82, 2.24) is 4.90 Å². The Bertz CT molecular complexity index is 407. The zero-order valence-electron chi connectivity index (χ0n) is 11.8. The number of rotatable bonds is 7. The van der Waals surface area contributed by atoms with E-state index in [4.69, 9.17) is 5.26 Å². The molecule has 19 heavy (non-hydrogen) atoms. The molecule has 0 fully saturated rings. The first-order valence-electron chi connectivity index (χ1n) is 7.08. The zero-order chi connectivity index (χ0) is 14.3. The molecule has 1 heterocycles. The molecule has 0 saturated heterocycles. The summed E-state index contributed by atoms with van der Waals surface area (Å²) in [7, 11) is 0. The largest absolute Gasteiger partial charge is 0.278 e. The summed E-state index contributed by atoms with van der Waals surface area (Å²) < 4.78 is 0. The van der Waals surface area contributed by atoms with Crippen molar-refractivity contribution in [3.63, 3.8) is 0 Å². The number of nitrogens with zero attached hydrogens (tertiary/aromatic N) is 2. The van der Waals surface area contributed by atoms with Gasteiger partial charge < -0.3 is 0 Å². The van der Waals surface area contributed by atoms with Gasteiger partial charge in [0.25, 0.3) is 5.91 Å². The van der Waals surface area contributed by atoms with Crippen molar-refractivity contribution in [2.75, 3.05) is 6.54 Å². The standard InChI is InChI=1S/C15H22N2O2/c1-3-5-6-12(4-2)9-10-17-14(18)8-7-13(11-16)15(17)19/h7,12H,3-6,8-10H2,1-2H3. The van der Waals surface area contributed by atoms with Crippen molar-refractivity contribution in [1.29, 1.82) is 5.26 Å². The van der Waals surface area contributed by atoms with Crippen LogP contribution in [0.2, 0.25) is 0 Å². The fourth-order valence-electron chi connectivity index (χ4n) is 2.32. The minimum Gasteiger partial charge on any atom is -0.278 e. The van der Waals surface area contributed by atoms with E-state index >= 15 is 0 Å². The number of imide groups is 1. The Morgan fingerprint density at radius 2 is 2.11 bits per heavy atom. The van der Waals surface area contributed by atoms with Crippen LogP contribution in [0, 0.1) is 17.2 Å². The second-order valence-corrected chi connectivity index (χ2v) is 4.99. The summed E-state index contributed by atoms with van der Waals surface area (Å²) in [4.78, 5) is 24.9. The Kier molecular flexibility index (Phi) is 6.27. The van der Waals surface area contributed by atoms with Crippen LogP contribution in [0.1, 0.15) is 52.4 Å². The molecule has 0 aromatic carbocycles. The fourth-order valence-corrected chi connectivity index (χ4v) is 2.32. The average Bonchev–Trinajstić information content (AvgIpc) is 2.42. The Labute approximate surface area is 115 Å². The van der Waals surface area contributed by atoms with Gasteiger partial charge in [0.1, 0.15) is 11.6 Å². The highest BCUT2D eigenvalue weighted by Gasteiger charge is 2.28. The monoisotopic (exact) mass is 262 g/mol.